The largest absolute Gasteiger partial charge is 0.496 e. The van der Waals surface area contributed by atoms with Crippen LogP contribution in [0.5, 0.6) is 11.5 Å². The highest BCUT2D eigenvalue weighted by atomic mass is 16.5. The Balaban J connectivity index is 3.24. The molecule has 0 amide bonds. The zero-order chi connectivity index (χ0) is 12.3. The summed E-state index contributed by atoms with van der Waals surface area (Å²) < 4.78 is 10.6. The Morgan fingerprint density at radius 1 is 1.06 bits per heavy atom. The van der Waals surface area contributed by atoms with Crippen molar-refractivity contribution in [3.8, 4) is 11.5 Å². The lowest BCUT2D eigenvalue weighted by atomic mass is 9.99. The Hall–Kier alpha value is -1.26. The van der Waals surface area contributed by atoms with Gasteiger partial charge in [-0.2, -0.15) is 0 Å². The lowest BCUT2D eigenvalue weighted by molar-refractivity contribution is 0.390. The van der Waals surface area contributed by atoms with Crippen molar-refractivity contribution in [2.24, 2.45) is 11.5 Å². The van der Waals surface area contributed by atoms with Crippen LogP contribution in [0.25, 0.3) is 0 Å². The fraction of sp³-hybridized carbons (Fsp3) is 0.500. The second-order valence-corrected chi connectivity index (χ2v) is 3.95. The van der Waals surface area contributed by atoms with E-state index < -0.39 is 0 Å². The van der Waals surface area contributed by atoms with E-state index in [1.54, 1.807) is 14.2 Å². The Labute approximate surface area is 96.5 Å². The van der Waals surface area contributed by atoms with Gasteiger partial charge >= 0.3 is 0 Å². The number of ether oxygens (including phenoxy) is 2. The average molecular weight is 224 g/mol. The molecule has 2 atom stereocenters. The zero-order valence-corrected chi connectivity index (χ0v) is 10.3. The molecule has 0 radical (unpaired) electrons. The minimum Gasteiger partial charge on any atom is -0.496 e. The van der Waals surface area contributed by atoms with Crippen molar-refractivity contribution in [2.45, 2.75) is 25.9 Å². The second-order valence-electron chi connectivity index (χ2n) is 3.95. The van der Waals surface area contributed by atoms with Gasteiger partial charge in [-0.25, -0.2) is 0 Å². The highest BCUT2D eigenvalue weighted by Crippen LogP contribution is 2.32. The predicted molar refractivity (Wildman–Crippen MR) is 64.9 cm³/mol. The maximum atomic E-state index is 6.03. The molecule has 1 rings (SSSR count). The van der Waals surface area contributed by atoms with Crippen LogP contribution < -0.4 is 20.9 Å². The van der Waals surface area contributed by atoms with Gasteiger partial charge in [0.1, 0.15) is 11.5 Å². The van der Waals surface area contributed by atoms with E-state index >= 15 is 0 Å². The molecule has 4 nitrogen and oxygen atoms in total. The van der Waals surface area contributed by atoms with Crippen LogP contribution in [-0.2, 0) is 0 Å². The van der Waals surface area contributed by atoms with Crippen molar-refractivity contribution in [1.82, 2.24) is 0 Å². The molecule has 0 saturated carbocycles. The van der Waals surface area contributed by atoms with E-state index in [0.29, 0.717) is 0 Å². The molecular weight excluding hydrogens is 204 g/mol. The molecule has 4 N–H and O–H groups in total. The molecule has 2 unspecified atom stereocenters. The number of hydrogen-bond acceptors (Lipinski definition) is 4. The molecule has 4 heteroatoms. The van der Waals surface area contributed by atoms with Gasteiger partial charge in [0.15, 0.2) is 0 Å². The van der Waals surface area contributed by atoms with Gasteiger partial charge in [-0.1, -0.05) is 0 Å². The van der Waals surface area contributed by atoms with Crippen LogP contribution in [0.2, 0.25) is 0 Å². The molecule has 0 aliphatic carbocycles. The summed E-state index contributed by atoms with van der Waals surface area (Å²) in [6.07, 6.45) is 0. The van der Waals surface area contributed by atoms with E-state index in [2.05, 4.69) is 0 Å². The van der Waals surface area contributed by atoms with Crippen LogP contribution in [0.1, 0.15) is 24.1 Å². The van der Waals surface area contributed by atoms with Crippen molar-refractivity contribution in [3.63, 3.8) is 0 Å². The molecule has 0 aromatic heterocycles. The smallest absolute Gasteiger partial charge is 0.124 e. The number of aryl methyl sites for hydroxylation is 1. The van der Waals surface area contributed by atoms with Crippen molar-refractivity contribution in [2.75, 3.05) is 14.2 Å². The van der Waals surface area contributed by atoms with Gasteiger partial charge in [-0.15, -0.1) is 0 Å². The molecule has 0 saturated heterocycles. The summed E-state index contributed by atoms with van der Waals surface area (Å²) in [5, 5.41) is 0. The molecule has 16 heavy (non-hydrogen) atoms. The van der Waals surface area contributed by atoms with Gasteiger partial charge in [0.2, 0.25) is 0 Å². The maximum absolute atomic E-state index is 6.03. The molecule has 0 aliphatic rings. The average Bonchev–Trinajstić information content (AvgIpc) is 2.27. The quantitative estimate of drug-likeness (QED) is 0.810. The molecular formula is C12H20N2O2. The fourth-order valence-electron chi connectivity index (χ4n) is 1.62. The number of methoxy groups -OCH3 is 2. The van der Waals surface area contributed by atoms with Crippen molar-refractivity contribution < 1.29 is 9.47 Å². The third-order valence-corrected chi connectivity index (χ3v) is 2.67. The lowest BCUT2D eigenvalue weighted by Crippen LogP contribution is -2.31. The standard InChI is InChI=1S/C12H20N2O2/c1-7-5-11(16-4)9(6-10(7)15-3)12(14)8(2)13/h5-6,8,12H,13-14H2,1-4H3. The topological polar surface area (TPSA) is 70.5 Å². The Kier molecular flexibility index (Phi) is 4.15. The maximum Gasteiger partial charge on any atom is 0.124 e. The van der Waals surface area contributed by atoms with E-state index in [0.717, 1.165) is 22.6 Å². The predicted octanol–water partition coefficient (Wildman–Crippen LogP) is 1.36. The summed E-state index contributed by atoms with van der Waals surface area (Å²) in [5.74, 6) is 1.55. The van der Waals surface area contributed by atoms with Gasteiger partial charge in [0, 0.05) is 17.6 Å². The summed E-state index contributed by atoms with van der Waals surface area (Å²) in [7, 11) is 3.26. The van der Waals surface area contributed by atoms with E-state index in [-0.39, 0.29) is 12.1 Å². The number of nitrogens with two attached hydrogens (primary N) is 2. The Bertz CT molecular complexity index is 364. The van der Waals surface area contributed by atoms with Gasteiger partial charge in [0.05, 0.1) is 14.2 Å². The summed E-state index contributed by atoms with van der Waals surface area (Å²) >= 11 is 0. The lowest BCUT2D eigenvalue weighted by Gasteiger charge is -2.20. The molecule has 1 aromatic carbocycles. The number of benzene rings is 1. The van der Waals surface area contributed by atoms with Crippen LogP contribution in [0.3, 0.4) is 0 Å². The second kappa shape index (κ2) is 5.18. The molecule has 0 aliphatic heterocycles. The van der Waals surface area contributed by atoms with Gasteiger partial charge in [-0.3, -0.25) is 0 Å². The molecule has 0 bridgehead atoms. The minimum atomic E-state index is -0.260. The first kappa shape index (κ1) is 12.8. The number of rotatable bonds is 4. The molecule has 0 fully saturated rings. The third-order valence-electron chi connectivity index (χ3n) is 2.67. The first-order valence-electron chi connectivity index (χ1n) is 5.25. The monoisotopic (exact) mass is 224 g/mol. The zero-order valence-electron chi connectivity index (χ0n) is 10.3. The summed E-state index contributed by atoms with van der Waals surface area (Å²) in [6.45, 7) is 3.83. The first-order valence-corrected chi connectivity index (χ1v) is 5.25. The van der Waals surface area contributed by atoms with Crippen molar-refractivity contribution >= 4 is 0 Å². The van der Waals surface area contributed by atoms with Crippen LogP contribution in [0.15, 0.2) is 12.1 Å². The summed E-state index contributed by atoms with van der Waals surface area (Å²) in [6, 6.07) is 3.41. The molecule has 90 valence electrons. The summed E-state index contributed by atoms with van der Waals surface area (Å²) in [5.41, 5.74) is 13.7. The minimum absolute atomic E-state index is 0.138. The summed E-state index contributed by atoms with van der Waals surface area (Å²) in [4.78, 5) is 0. The van der Waals surface area contributed by atoms with E-state index in [4.69, 9.17) is 20.9 Å². The highest BCUT2D eigenvalue weighted by Gasteiger charge is 2.17. The van der Waals surface area contributed by atoms with Gasteiger partial charge in [-0.05, 0) is 31.5 Å². The van der Waals surface area contributed by atoms with Crippen LogP contribution in [-0.4, -0.2) is 20.3 Å². The van der Waals surface area contributed by atoms with Crippen LogP contribution in [0, 0.1) is 6.92 Å². The molecule has 0 heterocycles. The molecule has 0 spiro atoms. The SMILES string of the molecule is COc1cc(C(N)C(C)N)c(OC)cc1C. The molecule has 1 aromatic rings. The van der Waals surface area contributed by atoms with Gasteiger partial charge < -0.3 is 20.9 Å². The Morgan fingerprint density at radius 3 is 2.06 bits per heavy atom. The highest BCUT2D eigenvalue weighted by molar-refractivity contribution is 5.47. The fourth-order valence-corrected chi connectivity index (χ4v) is 1.62. The van der Waals surface area contributed by atoms with E-state index in [1.165, 1.54) is 0 Å². The third kappa shape index (κ3) is 2.46. The van der Waals surface area contributed by atoms with E-state index in [9.17, 15) is 0 Å². The van der Waals surface area contributed by atoms with Crippen LogP contribution in [0.4, 0.5) is 0 Å². The van der Waals surface area contributed by atoms with E-state index in [1.807, 2.05) is 26.0 Å². The number of hydrogen-bond donors (Lipinski definition) is 2. The van der Waals surface area contributed by atoms with Gasteiger partial charge in [0.25, 0.3) is 0 Å². The van der Waals surface area contributed by atoms with Crippen molar-refractivity contribution in [3.05, 3.63) is 23.3 Å². The van der Waals surface area contributed by atoms with Crippen molar-refractivity contribution in [1.29, 1.82) is 0 Å². The normalized spacial score (nSPS) is 14.4. The first-order chi connectivity index (χ1) is 7.51. The Morgan fingerprint density at radius 2 is 1.62 bits per heavy atom. The van der Waals surface area contributed by atoms with Crippen LogP contribution >= 0.6 is 0 Å².